The summed E-state index contributed by atoms with van der Waals surface area (Å²) >= 11 is 1.66. The van der Waals surface area contributed by atoms with Gasteiger partial charge in [0.1, 0.15) is 5.52 Å². The van der Waals surface area contributed by atoms with Gasteiger partial charge in [-0.3, -0.25) is 4.57 Å². The number of anilines is 1. The first-order chi connectivity index (χ1) is 9.15. The van der Waals surface area contributed by atoms with Crippen LogP contribution in [0.2, 0.25) is 0 Å². The van der Waals surface area contributed by atoms with Crippen molar-refractivity contribution in [2.45, 2.75) is 26.3 Å². The zero-order chi connectivity index (χ0) is 13.4. The van der Waals surface area contributed by atoms with E-state index in [9.17, 15) is 0 Å². The van der Waals surface area contributed by atoms with Gasteiger partial charge in [0.05, 0.1) is 5.01 Å². The highest BCUT2D eigenvalue weighted by Crippen LogP contribution is 2.24. The maximum Gasteiger partial charge on any atom is 0.202 e. The molecule has 3 rings (SSSR count). The summed E-state index contributed by atoms with van der Waals surface area (Å²) in [7, 11) is 0. The Hall–Kier alpha value is -1.95. The Morgan fingerprint density at radius 1 is 1.37 bits per heavy atom. The highest BCUT2D eigenvalue weighted by atomic mass is 32.1. The Kier molecular flexibility index (Phi) is 2.94. The van der Waals surface area contributed by atoms with E-state index in [0.717, 1.165) is 28.4 Å². The summed E-state index contributed by atoms with van der Waals surface area (Å²) in [6.07, 6.45) is 1.83. The van der Waals surface area contributed by atoms with E-state index < -0.39 is 0 Å². The van der Waals surface area contributed by atoms with Gasteiger partial charge >= 0.3 is 0 Å². The van der Waals surface area contributed by atoms with Gasteiger partial charge in [-0.2, -0.15) is 0 Å². The van der Waals surface area contributed by atoms with E-state index in [1.54, 1.807) is 11.3 Å². The minimum atomic E-state index is 0.294. The van der Waals surface area contributed by atoms with Crippen LogP contribution in [0.5, 0.6) is 0 Å². The number of nitrogens with two attached hydrogens (primary N) is 1. The Balaban J connectivity index is 2.00. The van der Waals surface area contributed by atoms with Crippen LogP contribution >= 0.6 is 11.3 Å². The molecule has 0 amide bonds. The number of nitrogens with zero attached hydrogens (tertiary/aromatic N) is 4. The monoisotopic (exact) mass is 273 g/mol. The van der Waals surface area contributed by atoms with Crippen LogP contribution in [-0.2, 0) is 6.54 Å². The van der Waals surface area contributed by atoms with Crippen LogP contribution in [0.3, 0.4) is 0 Å². The molecule has 1 atom stereocenters. The van der Waals surface area contributed by atoms with Crippen LogP contribution in [-0.4, -0.2) is 19.5 Å². The second-order valence-electron chi connectivity index (χ2n) is 4.65. The molecule has 0 saturated heterocycles. The van der Waals surface area contributed by atoms with Crippen molar-refractivity contribution >= 4 is 28.4 Å². The lowest BCUT2D eigenvalue weighted by atomic mass is 10.2. The smallest absolute Gasteiger partial charge is 0.202 e. The molecule has 0 spiro atoms. The van der Waals surface area contributed by atoms with E-state index in [0.29, 0.717) is 11.9 Å². The minimum absolute atomic E-state index is 0.294. The highest BCUT2D eigenvalue weighted by Gasteiger charge is 2.15. The van der Waals surface area contributed by atoms with E-state index in [1.165, 1.54) is 0 Å². The summed E-state index contributed by atoms with van der Waals surface area (Å²) in [5, 5.41) is 3.10. The molecule has 0 bridgehead atoms. The first-order valence-corrected chi connectivity index (χ1v) is 7.02. The average molecular weight is 273 g/mol. The van der Waals surface area contributed by atoms with Crippen LogP contribution in [0.15, 0.2) is 23.7 Å². The predicted octanol–water partition coefficient (Wildman–Crippen LogP) is 2.58. The van der Waals surface area contributed by atoms with E-state index >= 15 is 0 Å². The zero-order valence-corrected chi connectivity index (χ0v) is 11.7. The molecule has 0 aliphatic rings. The molecule has 19 heavy (non-hydrogen) atoms. The van der Waals surface area contributed by atoms with E-state index in [4.69, 9.17) is 5.73 Å². The molecule has 5 nitrogen and oxygen atoms in total. The van der Waals surface area contributed by atoms with Gasteiger partial charge in [-0.1, -0.05) is 6.92 Å². The number of rotatable bonds is 3. The van der Waals surface area contributed by atoms with Gasteiger partial charge in [-0.25, -0.2) is 15.0 Å². The number of aryl methyl sites for hydroxylation is 1. The predicted molar refractivity (Wildman–Crippen MR) is 77.2 cm³/mol. The van der Waals surface area contributed by atoms with Crippen molar-refractivity contribution in [3.8, 4) is 0 Å². The lowest BCUT2D eigenvalue weighted by Crippen LogP contribution is -2.10. The Labute approximate surface area is 115 Å². The highest BCUT2D eigenvalue weighted by molar-refractivity contribution is 7.09. The van der Waals surface area contributed by atoms with Crippen LogP contribution in [0.4, 0.5) is 5.95 Å². The van der Waals surface area contributed by atoms with Crippen molar-refractivity contribution < 1.29 is 0 Å². The van der Waals surface area contributed by atoms with Crippen molar-refractivity contribution in [2.24, 2.45) is 0 Å². The molecule has 6 heteroatoms. The van der Waals surface area contributed by atoms with Crippen molar-refractivity contribution in [1.82, 2.24) is 19.5 Å². The first kappa shape index (κ1) is 12.1. The van der Waals surface area contributed by atoms with Crippen LogP contribution < -0.4 is 5.73 Å². The lowest BCUT2D eigenvalue weighted by molar-refractivity contribution is 0.610. The standard InChI is InChI=1S/C13H15N5S/c1-8(12-15-5-6-19-12)7-18-11-10(17-13(18)14)4-3-9(2)16-11/h3-6,8H,7H2,1-2H3,(H2,14,17). The van der Waals surface area contributed by atoms with Gasteiger partial charge in [0.2, 0.25) is 5.95 Å². The van der Waals surface area contributed by atoms with Gasteiger partial charge in [-0.15, -0.1) is 11.3 Å². The molecule has 3 aromatic rings. The summed E-state index contributed by atoms with van der Waals surface area (Å²) < 4.78 is 1.97. The summed E-state index contributed by atoms with van der Waals surface area (Å²) in [5.74, 6) is 0.804. The SMILES string of the molecule is Cc1ccc2nc(N)n(CC(C)c3nccs3)c2n1. The summed E-state index contributed by atoms with van der Waals surface area (Å²) in [6.45, 7) is 4.85. The average Bonchev–Trinajstić information content (AvgIpc) is 2.99. The molecule has 2 N–H and O–H groups in total. The minimum Gasteiger partial charge on any atom is -0.369 e. The Morgan fingerprint density at radius 3 is 2.95 bits per heavy atom. The molecule has 0 radical (unpaired) electrons. The summed E-state index contributed by atoms with van der Waals surface area (Å²) in [5.41, 5.74) is 8.66. The number of thiazole rings is 1. The molecule has 0 fully saturated rings. The van der Waals surface area contributed by atoms with Gasteiger partial charge in [0.25, 0.3) is 0 Å². The number of nitrogen functional groups attached to an aromatic ring is 1. The van der Waals surface area contributed by atoms with Gasteiger partial charge in [0.15, 0.2) is 5.65 Å². The van der Waals surface area contributed by atoms with Gasteiger partial charge < -0.3 is 5.73 Å². The first-order valence-electron chi connectivity index (χ1n) is 6.14. The van der Waals surface area contributed by atoms with Crippen molar-refractivity contribution in [1.29, 1.82) is 0 Å². The molecule has 98 valence electrons. The third-order valence-corrected chi connectivity index (χ3v) is 4.10. The van der Waals surface area contributed by atoms with E-state index in [1.807, 2.05) is 35.2 Å². The number of pyridine rings is 1. The van der Waals surface area contributed by atoms with Crippen LogP contribution in [0.1, 0.15) is 23.5 Å². The van der Waals surface area contributed by atoms with E-state index in [-0.39, 0.29) is 0 Å². The Bertz CT molecular complexity index is 701. The topological polar surface area (TPSA) is 69.6 Å². The fourth-order valence-electron chi connectivity index (χ4n) is 2.12. The maximum atomic E-state index is 6.00. The number of hydrogen-bond donors (Lipinski definition) is 1. The molecule has 0 saturated carbocycles. The third kappa shape index (κ3) is 2.19. The Morgan fingerprint density at radius 2 is 2.21 bits per heavy atom. The van der Waals surface area contributed by atoms with Gasteiger partial charge in [0, 0.05) is 29.7 Å². The van der Waals surface area contributed by atoms with Gasteiger partial charge in [-0.05, 0) is 19.1 Å². The second-order valence-corrected chi connectivity index (χ2v) is 5.57. The second kappa shape index (κ2) is 4.62. The number of aromatic nitrogens is 4. The van der Waals surface area contributed by atoms with E-state index in [2.05, 4.69) is 21.9 Å². The molecular formula is C13H15N5S. The number of imidazole rings is 1. The summed E-state index contributed by atoms with van der Waals surface area (Å²) in [6, 6.07) is 3.90. The third-order valence-electron chi connectivity index (χ3n) is 3.09. The fraction of sp³-hybridized carbons (Fsp3) is 0.308. The van der Waals surface area contributed by atoms with Crippen molar-refractivity contribution in [3.05, 3.63) is 34.4 Å². The molecular weight excluding hydrogens is 258 g/mol. The van der Waals surface area contributed by atoms with Crippen LogP contribution in [0.25, 0.3) is 11.2 Å². The van der Waals surface area contributed by atoms with Crippen molar-refractivity contribution in [3.63, 3.8) is 0 Å². The van der Waals surface area contributed by atoms with Crippen LogP contribution in [0, 0.1) is 6.92 Å². The maximum absolute atomic E-state index is 6.00. The lowest BCUT2D eigenvalue weighted by Gasteiger charge is -2.11. The normalized spacial score (nSPS) is 12.9. The fourth-order valence-corrected chi connectivity index (χ4v) is 2.81. The molecule has 1 unspecified atom stereocenters. The molecule has 0 aliphatic carbocycles. The quantitative estimate of drug-likeness (QED) is 0.796. The number of fused-ring (bicyclic) bond motifs is 1. The largest absolute Gasteiger partial charge is 0.369 e. The number of hydrogen-bond acceptors (Lipinski definition) is 5. The van der Waals surface area contributed by atoms with Crippen molar-refractivity contribution in [2.75, 3.05) is 5.73 Å². The zero-order valence-electron chi connectivity index (χ0n) is 10.9. The molecule has 0 aliphatic heterocycles. The molecule has 0 aromatic carbocycles. The summed E-state index contributed by atoms with van der Waals surface area (Å²) in [4.78, 5) is 13.2. The molecule has 3 aromatic heterocycles. The molecule has 3 heterocycles.